The fourth-order valence-corrected chi connectivity index (χ4v) is 4.18. The first-order valence-corrected chi connectivity index (χ1v) is 9.19. The molecule has 1 heterocycles. The SMILES string of the molecule is CC1(c2ccccc2)c2cc(Cl)ccc2CCN1Cc1ccccc1. The number of halogens is 1. The average molecular weight is 348 g/mol. The number of hydrogen-bond acceptors (Lipinski definition) is 1. The van der Waals surface area contributed by atoms with Crippen LogP contribution in [0.2, 0.25) is 5.02 Å². The largest absolute Gasteiger partial charge is 0.285 e. The van der Waals surface area contributed by atoms with Crippen LogP contribution in [0, 0.1) is 0 Å². The minimum absolute atomic E-state index is 0.185. The molecule has 0 fully saturated rings. The van der Waals surface area contributed by atoms with E-state index in [1.54, 1.807) is 0 Å². The first-order chi connectivity index (χ1) is 12.2. The van der Waals surface area contributed by atoms with Crippen LogP contribution in [0.15, 0.2) is 78.9 Å². The second-order valence-corrected chi connectivity index (χ2v) is 7.33. The van der Waals surface area contributed by atoms with Crippen molar-refractivity contribution in [1.82, 2.24) is 4.90 Å². The average Bonchev–Trinajstić information content (AvgIpc) is 2.66. The quantitative estimate of drug-likeness (QED) is 0.590. The Hall–Kier alpha value is -2.09. The first-order valence-electron chi connectivity index (χ1n) is 8.81. The smallest absolute Gasteiger partial charge is 0.0693 e. The summed E-state index contributed by atoms with van der Waals surface area (Å²) in [6.45, 7) is 4.30. The summed E-state index contributed by atoms with van der Waals surface area (Å²) in [7, 11) is 0. The molecule has 0 aliphatic carbocycles. The molecular weight excluding hydrogens is 326 g/mol. The maximum absolute atomic E-state index is 6.38. The Kier molecular flexibility index (Phi) is 4.37. The molecule has 3 aromatic rings. The highest BCUT2D eigenvalue weighted by Gasteiger charge is 2.40. The third kappa shape index (κ3) is 2.99. The highest BCUT2D eigenvalue weighted by atomic mass is 35.5. The van der Waals surface area contributed by atoms with Gasteiger partial charge in [-0.25, -0.2) is 0 Å². The summed E-state index contributed by atoms with van der Waals surface area (Å²) in [5.74, 6) is 0. The normalized spacial score (nSPS) is 20.2. The maximum Gasteiger partial charge on any atom is 0.0693 e. The number of hydrogen-bond donors (Lipinski definition) is 0. The second kappa shape index (κ2) is 6.67. The van der Waals surface area contributed by atoms with E-state index in [0.29, 0.717) is 0 Å². The van der Waals surface area contributed by atoms with E-state index >= 15 is 0 Å². The van der Waals surface area contributed by atoms with Gasteiger partial charge >= 0.3 is 0 Å². The van der Waals surface area contributed by atoms with E-state index in [1.165, 1.54) is 22.3 Å². The van der Waals surface area contributed by atoms with E-state index in [1.807, 2.05) is 6.07 Å². The van der Waals surface area contributed by atoms with Crippen molar-refractivity contribution in [2.45, 2.75) is 25.4 Å². The molecule has 2 heteroatoms. The van der Waals surface area contributed by atoms with E-state index in [0.717, 1.165) is 24.5 Å². The van der Waals surface area contributed by atoms with Gasteiger partial charge in [-0.3, -0.25) is 4.90 Å². The number of benzene rings is 3. The molecule has 1 nitrogen and oxygen atoms in total. The fourth-order valence-electron chi connectivity index (χ4n) is 4.01. The lowest BCUT2D eigenvalue weighted by Gasteiger charge is -2.47. The van der Waals surface area contributed by atoms with Crippen molar-refractivity contribution in [3.8, 4) is 0 Å². The molecule has 0 bridgehead atoms. The predicted molar refractivity (Wildman–Crippen MR) is 105 cm³/mol. The number of rotatable bonds is 3. The Morgan fingerprint density at radius 2 is 1.60 bits per heavy atom. The summed E-state index contributed by atoms with van der Waals surface area (Å²) < 4.78 is 0. The van der Waals surface area contributed by atoms with Crippen LogP contribution in [0.1, 0.15) is 29.2 Å². The zero-order valence-electron chi connectivity index (χ0n) is 14.5. The number of fused-ring (bicyclic) bond motifs is 1. The highest BCUT2D eigenvalue weighted by Crippen LogP contribution is 2.42. The van der Waals surface area contributed by atoms with Crippen LogP contribution in [0.5, 0.6) is 0 Å². The van der Waals surface area contributed by atoms with Gasteiger partial charge in [0.2, 0.25) is 0 Å². The van der Waals surface area contributed by atoms with Crippen molar-refractivity contribution in [3.05, 3.63) is 106 Å². The Morgan fingerprint density at radius 1 is 0.920 bits per heavy atom. The zero-order chi connectivity index (χ0) is 17.3. The fraction of sp³-hybridized carbons (Fsp3) is 0.217. The molecule has 0 aromatic heterocycles. The van der Waals surface area contributed by atoms with Gasteiger partial charge in [-0.05, 0) is 47.7 Å². The molecule has 1 aliphatic rings. The van der Waals surface area contributed by atoms with Gasteiger partial charge in [-0.15, -0.1) is 0 Å². The topological polar surface area (TPSA) is 3.24 Å². The summed E-state index contributed by atoms with van der Waals surface area (Å²) in [6, 6.07) is 27.9. The van der Waals surface area contributed by atoms with Gasteiger partial charge in [0.15, 0.2) is 0 Å². The summed E-state index contributed by atoms with van der Waals surface area (Å²) in [5, 5.41) is 0.808. The lowest BCUT2D eigenvalue weighted by atomic mass is 9.77. The van der Waals surface area contributed by atoms with Gasteiger partial charge in [0.25, 0.3) is 0 Å². The van der Waals surface area contributed by atoms with Crippen molar-refractivity contribution in [3.63, 3.8) is 0 Å². The molecule has 0 saturated carbocycles. The zero-order valence-corrected chi connectivity index (χ0v) is 15.2. The Labute approximate surface area is 154 Å². The summed E-state index contributed by atoms with van der Waals surface area (Å²) in [4.78, 5) is 2.58. The molecule has 25 heavy (non-hydrogen) atoms. The third-order valence-corrected chi connectivity index (χ3v) is 5.67. The van der Waals surface area contributed by atoms with Crippen molar-refractivity contribution < 1.29 is 0 Å². The van der Waals surface area contributed by atoms with E-state index in [2.05, 4.69) is 84.6 Å². The molecule has 0 spiro atoms. The minimum atomic E-state index is -0.185. The lowest BCUT2D eigenvalue weighted by Crippen LogP contribution is -2.49. The molecule has 0 radical (unpaired) electrons. The Morgan fingerprint density at radius 3 is 2.32 bits per heavy atom. The van der Waals surface area contributed by atoms with E-state index in [4.69, 9.17) is 11.6 Å². The second-order valence-electron chi connectivity index (χ2n) is 6.90. The van der Waals surface area contributed by atoms with Gasteiger partial charge < -0.3 is 0 Å². The first kappa shape index (κ1) is 16.4. The highest BCUT2D eigenvalue weighted by molar-refractivity contribution is 6.30. The van der Waals surface area contributed by atoms with Gasteiger partial charge in [0.05, 0.1) is 5.54 Å². The van der Waals surface area contributed by atoms with Crippen molar-refractivity contribution in [2.75, 3.05) is 6.54 Å². The van der Waals surface area contributed by atoms with Gasteiger partial charge in [0, 0.05) is 18.1 Å². The van der Waals surface area contributed by atoms with Crippen molar-refractivity contribution in [1.29, 1.82) is 0 Å². The molecule has 1 aliphatic heterocycles. The van der Waals surface area contributed by atoms with Crippen LogP contribution in [-0.4, -0.2) is 11.4 Å². The van der Waals surface area contributed by atoms with E-state index in [-0.39, 0.29) is 5.54 Å². The molecule has 126 valence electrons. The molecule has 1 unspecified atom stereocenters. The van der Waals surface area contributed by atoms with Gasteiger partial charge in [-0.1, -0.05) is 78.3 Å². The van der Waals surface area contributed by atoms with Crippen LogP contribution in [0.25, 0.3) is 0 Å². The molecule has 1 atom stereocenters. The predicted octanol–water partition coefficient (Wildman–Crippen LogP) is 5.66. The van der Waals surface area contributed by atoms with E-state index < -0.39 is 0 Å². The molecule has 0 amide bonds. The Balaban J connectivity index is 1.84. The number of nitrogens with zero attached hydrogens (tertiary/aromatic N) is 1. The van der Waals surface area contributed by atoms with Crippen LogP contribution >= 0.6 is 11.6 Å². The van der Waals surface area contributed by atoms with Gasteiger partial charge in [-0.2, -0.15) is 0 Å². The van der Waals surface area contributed by atoms with Crippen molar-refractivity contribution >= 4 is 11.6 Å². The van der Waals surface area contributed by atoms with Crippen LogP contribution in [0.4, 0.5) is 0 Å². The summed E-state index contributed by atoms with van der Waals surface area (Å²) in [6.07, 6.45) is 1.06. The standard InChI is InChI=1S/C23H22ClN/c1-23(20-10-6-3-7-11-20)22-16-21(24)13-12-19(22)14-15-25(23)17-18-8-4-2-5-9-18/h2-13,16H,14-15,17H2,1H3. The van der Waals surface area contributed by atoms with Gasteiger partial charge in [0.1, 0.15) is 0 Å². The van der Waals surface area contributed by atoms with Crippen molar-refractivity contribution in [2.24, 2.45) is 0 Å². The van der Waals surface area contributed by atoms with Crippen LogP contribution in [0.3, 0.4) is 0 Å². The summed E-state index contributed by atoms with van der Waals surface area (Å²) >= 11 is 6.38. The molecular formula is C23H22ClN. The molecule has 4 rings (SSSR count). The molecule has 3 aromatic carbocycles. The molecule has 0 saturated heterocycles. The minimum Gasteiger partial charge on any atom is -0.285 e. The monoisotopic (exact) mass is 347 g/mol. The summed E-state index contributed by atoms with van der Waals surface area (Å²) in [5.41, 5.74) is 5.20. The maximum atomic E-state index is 6.38. The molecule has 0 N–H and O–H groups in total. The van der Waals surface area contributed by atoms with E-state index in [9.17, 15) is 0 Å². The Bertz CT molecular complexity index is 860. The van der Waals surface area contributed by atoms with Crippen LogP contribution < -0.4 is 0 Å². The van der Waals surface area contributed by atoms with Crippen LogP contribution in [-0.2, 0) is 18.5 Å². The third-order valence-electron chi connectivity index (χ3n) is 5.43. The lowest BCUT2D eigenvalue weighted by molar-refractivity contribution is 0.117.